The first-order chi connectivity index (χ1) is 7.58. The van der Waals surface area contributed by atoms with Gasteiger partial charge in [0.15, 0.2) is 0 Å². The van der Waals surface area contributed by atoms with Crippen molar-refractivity contribution in [2.24, 2.45) is 5.14 Å². The van der Waals surface area contributed by atoms with Gasteiger partial charge in [-0.25, -0.2) is 13.6 Å². The van der Waals surface area contributed by atoms with Crippen molar-refractivity contribution < 1.29 is 18.3 Å². The van der Waals surface area contributed by atoms with Crippen molar-refractivity contribution in [1.82, 2.24) is 4.90 Å². The molecule has 3 N–H and O–H groups in total. The maximum absolute atomic E-state index is 11.9. The summed E-state index contributed by atoms with van der Waals surface area (Å²) in [5.74, 6) is -0.423. The summed E-state index contributed by atoms with van der Waals surface area (Å²) in [5.41, 5.74) is -1.08. The molecule has 0 aromatic rings. The molecular formula is C10H20N2O4S. The van der Waals surface area contributed by atoms with Crippen LogP contribution >= 0.6 is 0 Å². The van der Waals surface area contributed by atoms with Gasteiger partial charge in [-0.05, 0) is 26.7 Å². The van der Waals surface area contributed by atoms with Crippen LogP contribution in [0.25, 0.3) is 0 Å². The second-order valence-corrected chi connectivity index (χ2v) is 6.86. The van der Waals surface area contributed by atoms with Crippen molar-refractivity contribution in [3.05, 3.63) is 0 Å². The summed E-state index contributed by atoms with van der Waals surface area (Å²) in [4.78, 5) is 13.4. The van der Waals surface area contributed by atoms with Crippen molar-refractivity contribution in [2.45, 2.75) is 44.8 Å². The second kappa shape index (κ2) is 4.91. The van der Waals surface area contributed by atoms with Crippen LogP contribution in [0.5, 0.6) is 0 Å². The quantitative estimate of drug-likeness (QED) is 0.710. The van der Waals surface area contributed by atoms with Gasteiger partial charge < -0.3 is 10.0 Å². The van der Waals surface area contributed by atoms with Crippen LogP contribution in [0.4, 0.5) is 0 Å². The van der Waals surface area contributed by atoms with Crippen molar-refractivity contribution in [3.63, 3.8) is 0 Å². The number of aliphatic hydroxyl groups is 1. The number of nitrogens with zero attached hydrogens (tertiary/aromatic N) is 1. The average molecular weight is 264 g/mol. The molecule has 0 radical (unpaired) electrons. The monoisotopic (exact) mass is 264 g/mol. The number of carbonyl (C=O) groups is 1. The van der Waals surface area contributed by atoms with Crippen LogP contribution in [-0.4, -0.2) is 48.3 Å². The van der Waals surface area contributed by atoms with Gasteiger partial charge in [-0.15, -0.1) is 0 Å². The number of likely N-dealkylation sites (tertiary alicyclic amines) is 1. The molecule has 0 saturated carbocycles. The molecule has 1 rings (SSSR count). The zero-order valence-electron chi connectivity index (χ0n) is 10.2. The highest BCUT2D eigenvalue weighted by atomic mass is 32.2. The Morgan fingerprint density at radius 2 is 2.12 bits per heavy atom. The lowest BCUT2D eigenvalue weighted by Crippen LogP contribution is -2.43. The van der Waals surface area contributed by atoms with Gasteiger partial charge in [-0.1, -0.05) is 0 Å². The summed E-state index contributed by atoms with van der Waals surface area (Å²) in [6.45, 7) is 3.64. The third kappa shape index (κ3) is 5.01. The van der Waals surface area contributed by atoms with Crippen molar-refractivity contribution in [1.29, 1.82) is 0 Å². The number of hydrogen-bond acceptors (Lipinski definition) is 4. The molecule has 1 atom stereocenters. The van der Waals surface area contributed by atoms with Crippen molar-refractivity contribution in [3.8, 4) is 0 Å². The van der Waals surface area contributed by atoms with Gasteiger partial charge in [0.1, 0.15) is 0 Å². The molecule has 0 spiro atoms. The molecule has 1 aliphatic heterocycles. The second-order valence-electron chi connectivity index (χ2n) is 5.20. The van der Waals surface area contributed by atoms with Gasteiger partial charge in [-0.3, -0.25) is 4.79 Å². The number of nitrogens with two attached hydrogens (primary N) is 1. The Morgan fingerprint density at radius 1 is 1.53 bits per heavy atom. The lowest BCUT2D eigenvalue weighted by Gasteiger charge is -2.27. The topological polar surface area (TPSA) is 101 Å². The van der Waals surface area contributed by atoms with Gasteiger partial charge in [0.05, 0.1) is 17.8 Å². The molecule has 1 fully saturated rings. The number of primary sulfonamides is 1. The number of sulfonamides is 1. The molecule has 100 valence electrons. The van der Waals surface area contributed by atoms with Gasteiger partial charge in [-0.2, -0.15) is 0 Å². The molecule has 0 aliphatic carbocycles. The largest absolute Gasteiger partial charge is 0.390 e. The molecule has 1 heterocycles. The summed E-state index contributed by atoms with van der Waals surface area (Å²) in [5, 5.41) is 14.6. The first kappa shape index (κ1) is 14.4. The van der Waals surface area contributed by atoms with E-state index in [4.69, 9.17) is 5.14 Å². The Kier molecular flexibility index (Phi) is 4.16. The number of hydrogen-bond donors (Lipinski definition) is 2. The Balaban J connectivity index is 2.66. The fourth-order valence-electron chi connectivity index (χ4n) is 2.08. The first-order valence-corrected chi connectivity index (χ1v) is 7.32. The number of amides is 1. The maximum Gasteiger partial charge on any atom is 0.225 e. The molecule has 17 heavy (non-hydrogen) atoms. The van der Waals surface area contributed by atoms with E-state index in [9.17, 15) is 18.3 Å². The van der Waals surface area contributed by atoms with Gasteiger partial charge in [0.2, 0.25) is 15.9 Å². The molecule has 7 heteroatoms. The van der Waals surface area contributed by atoms with E-state index in [0.29, 0.717) is 13.0 Å². The zero-order chi connectivity index (χ0) is 13.3. The Hall–Kier alpha value is -0.660. The van der Waals surface area contributed by atoms with Crippen molar-refractivity contribution in [2.75, 3.05) is 12.3 Å². The third-order valence-corrected chi connectivity index (χ3v) is 3.56. The minimum Gasteiger partial charge on any atom is -0.390 e. The van der Waals surface area contributed by atoms with Crippen LogP contribution in [0, 0.1) is 0 Å². The summed E-state index contributed by atoms with van der Waals surface area (Å²) < 4.78 is 22.1. The van der Waals surface area contributed by atoms with E-state index in [0.717, 1.165) is 6.42 Å². The van der Waals surface area contributed by atoms with Crippen LogP contribution in [0.15, 0.2) is 0 Å². The van der Waals surface area contributed by atoms with Crippen LogP contribution < -0.4 is 5.14 Å². The molecule has 0 aromatic carbocycles. The van der Waals surface area contributed by atoms with E-state index in [1.165, 1.54) is 4.90 Å². The Labute approximate surface area is 102 Å². The minimum atomic E-state index is -3.57. The molecule has 0 aromatic heterocycles. The molecule has 1 unspecified atom stereocenters. The summed E-state index contributed by atoms with van der Waals surface area (Å²) >= 11 is 0. The lowest BCUT2D eigenvalue weighted by atomic mass is 10.0. The first-order valence-electron chi connectivity index (χ1n) is 5.61. The fourth-order valence-corrected chi connectivity index (χ4v) is 2.96. The predicted octanol–water partition coefficient (Wildman–Crippen LogP) is -0.573. The third-order valence-electron chi connectivity index (χ3n) is 2.71. The highest BCUT2D eigenvalue weighted by Crippen LogP contribution is 2.21. The van der Waals surface area contributed by atoms with Gasteiger partial charge in [0, 0.05) is 12.6 Å². The van der Waals surface area contributed by atoms with Crippen LogP contribution in [0.3, 0.4) is 0 Å². The standard InChI is InChI=1S/C10H20N2O4S/c1-10(2,14)6-9(13)12-5-3-4-8(12)7-17(11,15)16/h8,14H,3-7H2,1-2H3,(H2,11,15,16). The minimum absolute atomic E-state index is 0.00583. The Bertz CT molecular complexity index is 386. The summed E-state index contributed by atoms with van der Waals surface area (Å²) in [6.07, 6.45) is 1.42. The highest BCUT2D eigenvalue weighted by molar-refractivity contribution is 7.89. The van der Waals surface area contributed by atoms with E-state index in [1.807, 2.05) is 0 Å². The fraction of sp³-hybridized carbons (Fsp3) is 0.900. The van der Waals surface area contributed by atoms with Gasteiger partial charge >= 0.3 is 0 Å². The summed E-state index contributed by atoms with van der Waals surface area (Å²) in [6, 6.07) is -0.347. The average Bonchev–Trinajstić information content (AvgIpc) is 2.45. The lowest BCUT2D eigenvalue weighted by molar-refractivity contribution is -0.135. The van der Waals surface area contributed by atoms with E-state index in [2.05, 4.69) is 0 Å². The molecule has 1 saturated heterocycles. The molecule has 1 amide bonds. The molecular weight excluding hydrogens is 244 g/mol. The maximum atomic E-state index is 11.9. The SMILES string of the molecule is CC(C)(O)CC(=O)N1CCCC1CS(N)(=O)=O. The van der Waals surface area contributed by atoms with E-state index in [-0.39, 0.29) is 24.1 Å². The normalized spacial score (nSPS) is 21.9. The molecule has 6 nitrogen and oxygen atoms in total. The van der Waals surface area contributed by atoms with Crippen molar-refractivity contribution >= 4 is 15.9 Å². The molecule has 1 aliphatic rings. The Morgan fingerprint density at radius 3 is 2.59 bits per heavy atom. The van der Waals surface area contributed by atoms with Crippen LogP contribution in [-0.2, 0) is 14.8 Å². The van der Waals surface area contributed by atoms with Crippen LogP contribution in [0.2, 0.25) is 0 Å². The zero-order valence-corrected chi connectivity index (χ0v) is 11.0. The number of rotatable bonds is 4. The highest BCUT2D eigenvalue weighted by Gasteiger charge is 2.33. The summed E-state index contributed by atoms with van der Waals surface area (Å²) in [7, 11) is -3.57. The van der Waals surface area contributed by atoms with E-state index < -0.39 is 15.6 Å². The molecule has 0 bridgehead atoms. The van der Waals surface area contributed by atoms with Crippen LogP contribution in [0.1, 0.15) is 33.1 Å². The van der Waals surface area contributed by atoms with E-state index in [1.54, 1.807) is 13.8 Å². The van der Waals surface area contributed by atoms with E-state index >= 15 is 0 Å². The predicted molar refractivity (Wildman–Crippen MR) is 63.6 cm³/mol. The van der Waals surface area contributed by atoms with Gasteiger partial charge in [0.25, 0.3) is 0 Å². The number of carbonyl (C=O) groups excluding carboxylic acids is 1. The smallest absolute Gasteiger partial charge is 0.225 e.